The smallest absolute Gasteiger partial charge is 0.451 e. The van der Waals surface area contributed by atoms with Crippen LogP contribution in [0, 0.1) is 0 Å². The van der Waals surface area contributed by atoms with Gasteiger partial charge in [0.1, 0.15) is 36.2 Å². The number of anilines is 4. The fraction of sp³-hybridized carbons (Fsp3) is 0.426. The molecule has 0 radical (unpaired) electrons. The van der Waals surface area contributed by atoms with Crippen LogP contribution >= 0.6 is 58.3 Å². The van der Waals surface area contributed by atoms with Gasteiger partial charge in [-0.05, 0) is 220 Å². The molecule has 6 aliphatic rings. The van der Waals surface area contributed by atoms with E-state index in [1.165, 1.54) is 91.2 Å². The van der Waals surface area contributed by atoms with E-state index in [1.807, 2.05) is 107 Å². The molecule has 4 N–H and O–H groups in total. The number of sulfone groups is 2. The van der Waals surface area contributed by atoms with Crippen molar-refractivity contribution in [1.29, 1.82) is 0 Å². The molecule has 147 heavy (non-hydrogen) atoms. The van der Waals surface area contributed by atoms with Gasteiger partial charge in [0, 0.05) is 195 Å². The van der Waals surface area contributed by atoms with E-state index in [9.17, 15) is 88.8 Å². The first-order chi connectivity index (χ1) is 70.1. The molecule has 4 saturated heterocycles. The first-order valence-electron chi connectivity index (χ1n) is 47.7. The number of nitrogens with one attached hydrogen (secondary N) is 4. The number of thioether (sulfide) groups is 2. The quantitative estimate of drug-likeness (QED) is 0.0119. The van der Waals surface area contributed by atoms with Crippen LogP contribution < -0.4 is 29.9 Å². The Morgan fingerprint density at radius 1 is 0.435 bits per heavy atom. The monoisotopic (exact) mass is 2220 g/mol. The average molecular weight is 2220 g/mol. The number of carbonyl (C=O) groups excluding carboxylic acids is 6. The number of piperazine rings is 2. The molecule has 5 aliphatic heterocycles. The van der Waals surface area contributed by atoms with Crippen LogP contribution in [-0.4, -0.2) is 312 Å². The number of Topliss-reactive ketones (excluding diaryl/α,β-unsaturated/α-hetero) is 2. The number of hydrogen-bond acceptors (Lipinski definition) is 30. The molecule has 0 spiro atoms. The summed E-state index contributed by atoms with van der Waals surface area (Å²) < 4.78 is 226. The van der Waals surface area contributed by atoms with E-state index in [4.69, 9.17) is 58.5 Å². The Balaban J connectivity index is 0.000000239. The fourth-order valence-electron chi connectivity index (χ4n) is 17.0. The Hall–Kier alpha value is -9.91. The normalized spacial score (nSPS) is 16.6. The molecule has 0 aromatic heterocycles. The number of ketones is 2. The maximum absolute atomic E-state index is 14.2. The largest absolute Gasteiger partial charge is 0.501 e. The minimum Gasteiger partial charge on any atom is -0.451 e. The summed E-state index contributed by atoms with van der Waals surface area (Å²) in [4.78, 5) is 83.7. The van der Waals surface area contributed by atoms with Crippen molar-refractivity contribution in [2.75, 3.05) is 216 Å². The van der Waals surface area contributed by atoms with Gasteiger partial charge >= 0.3 is 22.5 Å². The van der Waals surface area contributed by atoms with E-state index in [0.717, 1.165) is 113 Å². The maximum atomic E-state index is 14.2. The Labute approximate surface area is 876 Å². The van der Waals surface area contributed by atoms with Crippen LogP contribution in [0.4, 0.5) is 58.7 Å². The van der Waals surface area contributed by atoms with Gasteiger partial charge < -0.3 is 53.8 Å². The van der Waals surface area contributed by atoms with Crippen molar-refractivity contribution in [3.63, 3.8) is 0 Å². The lowest BCUT2D eigenvalue weighted by molar-refractivity contribution is -0.122. The molecule has 0 unspecified atom stereocenters. The lowest BCUT2D eigenvalue weighted by Crippen LogP contribution is -2.48. The summed E-state index contributed by atoms with van der Waals surface area (Å²) in [5.74, 6) is -1.57. The highest BCUT2D eigenvalue weighted by Crippen LogP contribution is 2.41. The van der Waals surface area contributed by atoms with Crippen molar-refractivity contribution in [1.82, 2.24) is 33.9 Å². The number of amides is 3. The molecule has 31 nitrogen and oxygen atoms in total. The number of morpholine rings is 2. The van der Waals surface area contributed by atoms with Crippen molar-refractivity contribution in [3.05, 3.63) is 238 Å². The third-order valence-electron chi connectivity index (χ3n) is 24.8. The number of benzene rings is 8. The van der Waals surface area contributed by atoms with Gasteiger partial charge in [-0.1, -0.05) is 89.4 Å². The van der Waals surface area contributed by atoms with Crippen LogP contribution in [0.15, 0.2) is 235 Å². The zero-order valence-electron chi connectivity index (χ0n) is 80.9. The average Bonchev–Trinajstić information content (AvgIpc) is 0.763. The summed E-state index contributed by atoms with van der Waals surface area (Å²) in [7, 11) is -21.9. The second-order valence-corrected chi connectivity index (χ2v) is 45.9. The molecule has 8 aromatic carbocycles. The van der Waals surface area contributed by atoms with Crippen molar-refractivity contribution < 1.29 is 117 Å². The van der Waals surface area contributed by atoms with Crippen LogP contribution in [0.5, 0.6) is 0 Å². The van der Waals surface area contributed by atoms with Crippen molar-refractivity contribution in [2.24, 2.45) is 0 Å². The highest BCUT2D eigenvalue weighted by atomic mass is 35.5. The van der Waals surface area contributed by atoms with Crippen molar-refractivity contribution in [2.45, 2.75) is 111 Å². The van der Waals surface area contributed by atoms with Gasteiger partial charge in [-0.25, -0.2) is 52.7 Å². The lowest BCUT2D eigenvalue weighted by atomic mass is 9.87. The molecule has 4 fully saturated rings. The van der Waals surface area contributed by atoms with E-state index in [0.29, 0.717) is 159 Å². The lowest BCUT2D eigenvalue weighted by Gasteiger charge is -2.38. The van der Waals surface area contributed by atoms with Gasteiger partial charge in [-0.3, -0.25) is 38.8 Å². The van der Waals surface area contributed by atoms with Gasteiger partial charge in [0.25, 0.3) is 51.5 Å². The first kappa shape index (κ1) is 116. The molecule has 0 bridgehead atoms. The van der Waals surface area contributed by atoms with Crippen LogP contribution in [0.2, 0.25) is 10.0 Å². The zero-order chi connectivity index (χ0) is 105. The van der Waals surface area contributed by atoms with Gasteiger partial charge in [0.15, 0.2) is 11.6 Å². The summed E-state index contributed by atoms with van der Waals surface area (Å²) in [5.41, 5.74) is -4.36. The maximum Gasteiger partial charge on any atom is 0.501 e. The summed E-state index contributed by atoms with van der Waals surface area (Å²) in [6.07, 6.45) is 5.45. The van der Waals surface area contributed by atoms with Crippen LogP contribution in [-0.2, 0) is 77.7 Å². The number of sulfonamides is 2. The van der Waals surface area contributed by atoms with Gasteiger partial charge in [0.2, 0.25) is 0 Å². The number of ether oxygens (including phenoxy) is 6. The number of hydrogen-bond donors (Lipinski definition) is 4. The molecule has 46 heteroatoms. The van der Waals surface area contributed by atoms with Crippen molar-refractivity contribution in [3.8, 4) is 0 Å². The number of alkyl halides is 6. The SMILES string of the molecule is CC(=O)COCCOC(=O)Cl.CC(=O)COCCOC(=O)N1CCC(c2ccc(Cl)cc2)=C(CN2CCN(c3ccc(C(=O)NS(=O)(=O)c4ccc(N[C@H](CCN5CCOCC5)CSc5ccccc5)c(S(=O)(=O)C(F)(F)F)c4)cc3)CC2)C1.O=C(NS(=O)(=O)c1ccc(N[C@H](CCN2CCOCC2)CSc2ccccc2)c(S(=O)(=O)C(F)(F)F)c1)c1ccc(N2CCN(CC3=C(c4ccc(Cl)cc4)CCCC3)CC2)cc1. The minimum atomic E-state index is -6.09. The number of carbonyl (C=O) groups is 6. The molecular formula is C101H118Cl3F6N11O20S6. The first-order valence-corrected chi connectivity index (χ1v) is 56.7. The Kier molecular flexibility index (Phi) is 43.5. The van der Waals surface area contributed by atoms with Crippen LogP contribution in [0.1, 0.15) is 90.6 Å². The van der Waals surface area contributed by atoms with E-state index in [1.54, 1.807) is 29.2 Å². The number of nitrogens with zero attached hydrogens (tertiary/aromatic N) is 7. The van der Waals surface area contributed by atoms with Crippen LogP contribution in [0.25, 0.3) is 11.1 Å². The zero-order valence-corrected chi connectivity index (χ0v) is 88.1. The van der Waals surface area contributed by atoms with Gasteiger partial charge in [0.05, 0.1) is 60.8 Å². The molecule has 796 valence electrons. The van der Waals surface area contributed by atoms with Crippen molar-refractivity contribution >= 4 is 167 Å². The molecule has 2 atom stereocenters. The third kappa shape index (κ3) is 35.1. The predicted molar refractivity (Wildman–Crippen MR) is 555 cm³/mol. The molecule has 1 aliphatic carbocycles. The minimum absolute atomic E-state index is 0.000347. The molecule has 0 saturated carbocycles. The topological polar surface area (TPSA) is 365 Å². The second kappa shape index (κ2) is 55.2. The Morgan fingerprint density at radius 2 is 0.823 bits per heavy atom. The van der Waals surface area contributed by atoms with Crippen LogP contribution in [0.3, 0.4) is 0 Å². The third-order valence-corrected chi connectivity index (χ3v) is 33.5. The van der Waals surface area contributed by atoms with E-state index in [-0.39, 0.29) is 62.3 Å². The standard InChI is InChI=1S/C50H58ClF3N6O10S3.C45H51ClF3N5O6S3.C6H9ClO4/c1-36(61)34-69-29-30-70-49(63)60-20-18-45(37-7-11-40(51)12-8-37)39(33-60)32-58-21-23-59(24-22-58)42-13-9-38(10-14-42)48(62)56-73(66,67)44-15-16-46(47(31-44)72(64,65)50(52,53)54)55-41(17-19-57-25-27-68-28-26-57)35-71-43-5-3-2-4-6-43;46-36-14-10-33(11-15-36)41-9-5-4-6-35(41)31-53-22-24-54(25-23-53)38-16-12-34(13-17-38)44(55)51-63(58,59)40-18-19-42(43(30-40)62(56,57)45(47,48)49)50-37(20-21-52-26-28-60-29-27-52)32-61-39-7-2-1-3-8-39;1-5(8)4-10-2-3-11-6(7)9/h2-16,31,41,55H,17-30,32-35H2,1H3,(H,56,62);1-3,7-8,10-19,30,37,50H,4-6,9,20-29,31-32H2,(H,51,55);2-4H2,1H3/t41-;37-;/m11./s1. The molecular weight excluding hydrogens is 2100 g/mol. The van der Waals surface area contributed by atoms with E-state index < -0.39 is 117 Å². The fourth-order valence-corrected chi connectivity index (χ4v) is 23.4. The van der Waals surface area contributed by atoms with Gasteiger partial charge in [-0.2, -0.15) is 26.3 Å². The van der Waals surface area contributed by atoms with E-state index >= 15 is 0 Å². The second-order valence-electron chi connectivity index (χ2n) is 35.4. The Bertz CT molecular complexity index is 6310. The molecule has 3 amide bonds. The number of rotatable bonds is 42. The summed E-state index contributed by atoms with van der Waals surface area (Å²) >= 11 is 20.1. The molecule has 14 rings (SSSR count). The highest BCUT2D eigenvalue weighted by molar-refractivity contribution is 7.99. The summed E-state index contributed by atoms with van der Waals surface area (Å²) in [5, 5.41) is 7.30. The highest BCUT2D eigenvalue weighted by Gasteiger charge is 2.50. The Morgan fingerprint density at radius 3 is 1.22 bits per heavy atom. The number of halogens is 9. The van der Waals surface area contributed by atoms with Gasteiger partial charge in [-0.15, -0.1) is 23.5 Å². The predicted octanol–water partition coefficient (Wildman–Crippen LogP) is 16.2. The molecule has 5 heterocycles. The van der Waals surface area contributed by atoms with E-state index in [2.05, 4.69) is 56.9 Å². The summed E-state index contributed by atoms with van der Waals surface area (Å²) in [6.45, 7) is 17.1. The molecule has 8 aromatic rings. The summed E-state index contributed by atoms with van der Waals surface area (Å²) in [6, 6.07) is 50.6. The number of allylic oxidation sites excluding steroid dienone is 1.